The molecule has 0 amide bonds. The third-order valence-corrected chi connectivity index (χ3v) is 3.80. The highest BCUT2D eigenvalue weighted by Crippen LogP contribution is 2.32. The molecule has 0 radical (unpaired) electrons. The number of methoxy groups -OCH3 is 1. The maximum absolute atomic E-state index is 12.7. The average molecular weight is 410 g/mol. The summed E-state index contributed by atoms with van der Waals surface area (Å²) in [5.41, 5.74) is 0.673. The second-order valence-corrected chi connectivity index (χ2v) is 5.57. The highest BCUT2D eigenvalue weighted by Gasteiger charge is 2.30. The Morgan fingerprint density at radius 1 is 1.07 bits per heavy atom. The molecule has 0 aliphatic carbocycles. The lowest BCUT2D eigenvalue weighted by Gasteiger charge is -2.06. The quantitative estimate of drug-likeness (QED) is 0.516. The van der Waals surface area contributed by atoms with E-state index in [-0.39, 0.29) is 29.5 Å². The van der Waals surface area contributed by atoms with Crippen molar-refractivity contribution in [2.45, 2.75) is 6.18 Å². The van der Waals surface area contributed by atoms with Gasteiger partial charge in [-0.1, -0.05) is 18.2 Å². The Morgan fingerprint density at radius 2 is 1.71 bits per heavy atom. The topological polar surface area (TPSA) is 52.3 Å². The van der Waals surface area contributed by atoms with E-state index < -0.39 is 17.7 Å². The number of carbonyl (C=O) groups is 1. The van der Waals surface area contributed by atoms with Crippen LogP contribution in [-0.4, -0.2) is 18.1 Å². The lowest BCUT2D eigenvalue weighted by Crippen LogP contribution is -2.03. The van der Waals surface area contributed by atoms with Crippen molar-refractivity contribution in [2.75, 3.05) is 7.11 Å². The molecule has 28 heavy (non-hydrogen) atoms. The van der Waals surface area contributed by atoms with E-state index >= 15 is 0 Å². The first-order valence-corrected chi connectivity index (χ1v) is 7.86. The SMILES string of the molecule is COC(=O)c1cc(-c2ccc(C(F)(F)F)cc2)oc1/C=C/c1ccncc1.Cl. The van der Waals surface area contributed by atoms with Crippen molar-refractivity contribution in [3.8, 4) is 11.3 Å². The van der Waals surface area contributed by atoms with Crippen LogP contribution in [0.25, 0.3) is 23.5 Å². The molecule has 0 atom stereocenters. The van der Waals surface area contributed by atoms with Gasteiger partial charge in [-0.15, -0.1) is 12.4 Å². The molecular formula is C20H15ClF3NO3. The molecule has 0 spiro atoms. The number of esters is 1. The standard InChI is InChI=1S/C20H14F3NO3.ClH/c1-26-19(25)16-12-18(14-3-5-15(6-4-14)20(21,22)23)27-17(16)7-2-13-8-10-24-11-9-13;/h2-12H,1H3;1H/b7-2+;. The van der Waals surface area contributed by atoms with Crippen LogP contribution in [0.1, 0.15) is 27.2 Å². The number of carbonyl (C=O) groups excluding carboxylic acids is 1. The van der Waals surface area contributed by atoms with Crippen LogP contribution < -0.4 is 0 Å². The van der Waals surface area contributed by atoms with E-state index in [4.69, 9.17) is 9.15 Å². The van der Waals surface area contributed by atoms with Gasteiger partial charge >= 0.3 is 12.1 Å². The molecule has 3 aromatic rings. The molecule has 0 aliphatic rings. The Morgan fingerprint density at radius 3 is 2.29 bits per heavy atom. The summed E-state index contributed by atoms with van der Waals surface area (Å²) in [6.07, 6.45) is 2.14. The van der Waals surface area contributed by atoms with Gasteiger partial charge in [0.25, 0.3) is 0 Å². The van der Waals surface area contributed by atoms with Gasteiger partial charge in [0.05, 0.1) is 12.7 Å². The first-order valence-electron chi connectivity index (χ1n) is 7.86. The lowest BCUT2D eigenvalue weighted by atomic mass is 10.1. The number of ether oxygens (including phenoxy) is 1. The minimum absolute atomic E-state index is 0. The molecule has 0 N–H and O–H groups in total. The summed E-state index contributed by atoms with van der Waals surface area (Å²) < 4.78 is 48.6. The van der Waals surface area contributed by atoms with Gasteiger partial charge in [-0.2, -0.15) is 13.2 Å². The molecule has 2 heterocycles. The number of hydrogen-bond acceptors (Lipinski definition) is 4. The Hall–Kier alpha value is -3.06. The zero-order valence-electron chi connectivity index (χ0n) is 14.6. The highest BCUT2D eigenvalue weighted by molar-refractivity contribution is 5.95. The number of nitrogens with zero attached hydrogens (tertiary/aromatic N) is 1. The van der Waals surface area contributed by atoms with Gasteiger partial charge in [0, 0.05) is 18.0 Å². The molecule has 0 unspecified atom stereocenters. The van der Waals surface area contributed by atoms with E-state index in [1.54, 1.807) is 36.7 Å². The summed E-state index contributed by atoms with van der Waals surface area (Å²) >= 11 is 0. The molecule has 0 saturated carbocycles. The summed E-state index contributed by atoms with van der Waals surface area (Å²) in [6, 6.07) is 9.49. The number of furan rings is 1. The zero-order chi connectivity index (χ0) is 19.4. The summed E-state index contributed by atoms with van der Waals surface area (Å²) in [4.78, 5) is 15.9. The first kappa shape index (κ1) is 21.2. The summed E-state index contributed by atoms with van der Waals surface area (Å²) in [5.74, 6) is -0.0987. The largest absolute Gasteiger partial charge is 0.465 e. The van der Waals surface area contributed by atoms with Gasteiger partial charge in [-0.05, 0) is 42.0 Å². The van der Waals surface area contributed by atoms with Gasteiger partial charge in [0.1, 0.15) is 17.1 Å². The van der Waals surface area contributed by atoms with E-state index in [1.807, 2.05) is 0 Å². The zero-order valence-corrected chi connectivity index (χ0v) is 15.4. The van der Waals surface area contributed by atoms with Gasteiger partial charge in [0.2, 0.25) is 0 Å². The third-order valence-electron chi connectivity index (χ3n) is 3.80. The van der Waals surface area contributed by atoms with E-state index in [9.17, 15) is 18.0 Å². The third kappa shape index (κ3) is 4.80. The van der Waals surface area contributed by atoms with Gasteiger partial charge in [0.15, 0.2) is 0 Å². The fourth-order valence-corrected chi connectivity index (χ4v) is 2.41. The molecule has 2 aromatic heterocycles. The second kappa shape index (κ2) is 8.75. The van der Waals surface area contributed by atoms with E-state index in [1.165, 1.54) is 25.3 Å². The Kier molecular flexibility index (Phi) is 6.64. The van der Waals surface area contributed by atoms with Gasteiger partial charge in [-0.3, -0.25) is 4.98 Å². The monoisotopic (exact) mass is 409 g/mol. The number of benzene rings is 1. The Labute approximate surface area is 165 Å². The maximum Gasteiger partial charge on any atom is 0.416 e. The van der Waals surface area contributed by atoms with Crippen molar-refractivity contribution in [3.05, 3.63) is 77.3 Å². The fraction of sp³-hybridized carbons (Fsp3) is 0.100. The molecule has 0 aliphatic heterocycles. The van der Waals surface area contributed by atoms with Crippen molar-refractivity contribution < 1.29 is 27.1 Å². The van der Waals surface area contributed by atoms with Crippen LogP contribution in [-0.2, 0) is 10.9 Å². The predicted molar refractivity (Wildman–Crippen MR) is 101 cm³/mol. The maximum atomic E-state index is 12.7. The van der Waals surface area contributed by atoms with Gasteiger partial charge in [-0.25, -0.2) is 4.79 Å². The Bertz CT molecular complexity index is 965. The van der Waals surface area contributed by atoms with Crippen molar-refractivity contribution >= 4 is 30.5 Å². The minimum Gasteiger partial charge on any atom is -0.465 e. The molecule has 146 valence electrons. The molecule has 3 rings (SSSR count). The van der Waals surface area contributed by atoms with Crippen molar-refractivity contribution in [3.63, 3.8) is 0 Å². The number of hydrogen-bond donors (Lipinski definition) is 0. The summed E-state index contributed by atoms with van der Waals surface area (Å²) in [5, 5.41) is 0. The lowest BCUT2D eigenvalue weighted by molar-refractivity contribution is -0.137. The number of halogens is 4. The van der Waals surface area contributed by atoms with Crippen LogP contribution in [0.3, 0.4) is 0 Å². The second-order valence-electron chi connectivity index (χ2n) is 5.57. The average Bonchev–Trinajstić information content (AvgIpc) is 3.10. The molecular weight excluding hydrogens is 395 g/mol. The summed E-state index contributed by atoms with van der Waals surface area (Å²) in [6.45, 7) is 0. The first-order chi connectivity index (χ1) is 12.9. The van der Waals surface area contributed by atoms with E-state index in [0.717, 1.165) is 17.7 Å². The van der Waals surface area contributed by atoms with Crippen molar-refractivity contribution in [1.82, 2.24) is 4.98 Å². The van der Waals surface area contributed by atoms with Crippen molar-refractivity contribution in [1.29, 1.82) is 0 Å². The van der Waals surface area contributed by atoms with Crippen LogP contribution in [0, 0.1) is 0 Å². The molecule has 1 aromatic carbocycles. The van der Waals surface area contributed by atoms with Crippen LogP contribution in [0.5, 0.6) is 0 Å². The molecule has 0 fully saturated rings. The van der Waals surface area contributed by atoms with Crippen LogP contribution in [0.2, 0.25) is 0 Å². The number of aromatic nitrogens is 1. The molecule has 8 heteroatoms. The van der Waals surface area contributed by atoms with E-state index in [0.29, 0.717) is 5.56 Å². The van der Waals surface area contributed by atoms with E-state index in [2.05, 4.69) is 4.98 Å². The smallest absolute Gasteiger partial charge is 0.416 e. The van der Waals surface area contributed by atoms with Gasteiger partial charge < -0.3 is 9.15 Å². The van der Waals surface area contributed by atoms with Crippen LogP contribution in [0.4, 0.5) is 13.2 Å². The fourth-order valence-electron chi connectivity index (χ4n) is 2.41. The molecule has 0 bridgehead atoms. The normalized spacial score (nSPS) is 11.3. The van der Waals surface area contributed by atoms with Crippen molar-refractivity contribution in [2.24, 2.45) is 0 Å². The summed E-state index contributed by atoms with van der Waals surface area (Å²) in [7, 11) is 1.24. The van der Waals surface area contributed by atoms with Crippen LogP contribution in [0.15, 0.2) is 59.3 Å². The Balaban J connectivity index is 0.00000280. The molecule has 4 nitrogen and oxygen atoms in total. The number of rotatable bonds is 4. The molecule has 0 saturated heterocycles. The number of alkyl halides is 3. The minimum atomic E-state index is -4.42. The highest BCUT2D eigenvalue weighted by atomic mass is 35.5. The van der Waals surface area contributed by atoms with Crippen LogP contribution >= 0.6 is 12.4 Å². The number of pyridine rings is 1. The predicted octanol–water partition coefficient (Wildman–Crippen LogP) is 5.74.